The third kappa shape index (κ3) is 5.79. The quantitative estimate of drug-likeness (QED) is 0.621. The van der Waals surface area contributed by atoms with Crippen molar-refractivity contribution in [3.63, 3.8) is 0 Å². The van der Waals surface area contributed by atoms with Crippen LogP contribution < -0.4 is 11.1 Å². The molecule has 0 bridgehead atoms. The van der Waals surface area contributed by atoms with E-state index in [1.54, 1.807) is 37.3 Å². The molecule has 0 aliphatic rings. The first-order valence-corrected chi connectivity index (χ1v) is 6.95. The molecule has 1 amide bonds. The zero-order valence-corrected chi connectivity index (χ0v) is 12.6. The minimum absolute atomic E-state index is 0.0804. The van der Waals surface area contributed by atoms with Crippen molar-refractivity contribution in [3.8, 4) is 0 Å². The third-order valence-electron chi connectivity index (χ3n) is 2.90. The second kappa shape index (κ2) is 8.21. The molecule has 0 saturated carbocycles. The van der Waals surface area contributed by atoms with Gasteiger partial charge >= 0.3 is 5.97 Å². The summed E-state index contributed by atoms with van der Waals surface area (Å²) >= 11 is 0. The summed E-state index contributed by atoms with van der Waals surface area (Å²) in [4.78, 5) is 23.0. The van der Waals surface area contributed by atoms with E-state index in [1.165, 1.54) is 6.08 Å². The minimum Gasteiger partial charge on any atom is -0.463 e. The fourth-order valence-corrected chi connectivity index (χ4v) is 1.56. The average molecular weight is 290 g/mol. The molecule has 0 fully saturated rings. The fraction of sp³-hybridized carbons (Fsp3) is 0.375. The second-order valence-electron chi connectivity index (χ2n) is 4.97. The second-order valence-corrected chi connectivity index (χ2v) is 4.97. The average Bonchev–Trinajstić information content (AvgIpc) is 2.45. The molecule has 21 heavy (non-hydrogen) atoms. The number of amides is 1. The number of nitrogens with one attached hydrogen (secondary N) is 1. The molecule has 1 aromatic carbocycles. The molecule has 0 aliphatic heterocycles. The summed E-state index contributed by atoms with van der Waals surface area (Å²) in [6.45, 7) is 5.90. The van der Waals surface area contributed by atoms with Gasteiger partial charge in [0.1, 0.15) is 0 Å². The molecule has 114 valence electrons. The lowest BCUT2D eigenvalue weighted by Crippen LogP contribution is -2.39. The molecule has 0 heterocycles. The summed E-state index contributed by atoms with van der Waals surface area (Å²) in [5.41, 5.74) is 7.29. The zero-order chi connectivity index (χ0) is 15.8. The molecule has 0 aromatic heterocycles. The third-order valence-corrected chi connectivity index (χ3v) is 2.90. The van der Waals surface area contributed by atoms with Gasteiger partial charge in [-0.3, -0.25) is 4.79 Å². The molecule has 0 saturated heterocycles. The molecule has 0 aliphatic carbocycles. The van der Waals surface area contributed by atoms with Crippen LogP contribution in [0.3, 0.4) is 0 Å². The van der Waals surface area contributed by atoms with E-state index in [-0.39, 0.29) is 17.8 Å². The number of esters is 1. The molecule has 0 radical (unpaired) electrons. The molecule has 5 heteroatoms. The van der Waals surface area contributed by atoms with Crippen LogP contribution in [0.4, 0.5) is 5.69 Å². The largest absolute Gasteiger partial charge is 0.463 e. The van der Waals surface area contributed by atoms with E-state index < -0.39 is 6.04 Å². The van der Waals surface area contributed by atoms with E-state index in [2.05, 4.69) is 5.32 Å². The van der Waals surface area contributed by atoms with E-state index in [1.807, 2.05) is 13.8 Å². The Morgan fingerprint density at radius 1 is 1.29 bits per heavy atom. The molecule has 1 unspecified atom stereocenters. The van der Waals surface area contributed by atoms with Crippen molar-refractivity contribution in [2.75, 3.05) is 11.9 Å². The summed E-state index contributed by atoms with van der Waals surface area (Å²) in [5.74, 6) is -0.505. The maximum absolute atomic E-state index is 11.8. The monoisotopic (exact) mass is 290 g/mol. The topological polar surface area (TPSA) is 81.4 Å². The van der Waals surface area contributed by atoms with Crippen LogP contribution >= 0.6 is 0 Å². The van der Waals surface area contributed by atoms with Crippen molar-refractivity contribution in [1.82, 2.24) is 0 Å². The van der Waals surface area contributed by atoms with Crippen molar-refractivity contribution < 1.29 is 14.3 Å². The zero-order valence-electron chi connectivity index (χ0n) is 12.6. The lowest BCUT2D eigenvalue weighted by Gasteiger charge is -2.15. The number of rotatable bonds is 6. The maximum Gasteiger partial charge on any atom is 0.330 e. The van der Waals surface area contributed by atoms with Crippen LogP contribution in [0, 0.1) is 5.92 Å². The number of benzene rings is 1. The van der Waals surface area contributed by atoms with Crippen molar-refractivity contribution in [3.05, 3.63) is 35.9 Å². The van der Waals surface area contributed by atoms with Crippen LogP contribution in [0.25, 0.3) is 6.08 Å². The number of carbonyl (C=O) groups is 2. The van der Waals surface area contributed by atoms with Crippen LogP contribution in [0.15, 0.2) is 30.3 Å². The highest BCUT2D eigenvalue weighted by Crippen LogP contribution is 2.12. The molecule has 1 aromatic rings. The van der Waals surface area contributed by atoms with Gasteiger partial charge in [0.2, 0.25) is 5.91 Å². The molecule has 1 atom stereocenters. The Kier molecular flexibility index (Phi) is 6.62. The van der Waals surface area contributed by atoms with Crippen molar-refractivity contribution in [2.24, 2.45) is 11.7 Å². The van der Waals surface area contributed by atoms with Gasteiger partial charge in [-0.25, -0.2) is 4.79 Å². The Labute approximate surface area is 125 Å². The number of hydrogen-bond donors (Lipinski definition) is 2. The number of ether oxygens (including phenoxy) is 1. The van der Waals surface area contributed by atoms with Crippen LogP contribution in [-0.2, 0) is 14.3 Å². The van der Waals surface area contributed by atoms with Gasteiger partial charge in [-0.2, -0.15) is 0 Å². The summed E-state index contributed by atoms with van der Waals surface area (Å²) in [6.07, 6.45) is 3.02. The highest BCUT2D eigenvalue weighted by Gasteiger charge is 2.16. The predicted molar refractivity (Wildman–Crippen MR) is 83.6 cm³/mol. The van der Waals surface area contributed by atoms with Crippen molar-refractivity contribution in [2.45, 2.75) is 26.8 Å². The highest BCUT2D eigenvalue weighted by molar-refractivity contribution is 5.95. The Hall–Kier alpha value is -2.14. The Balaban J connectivity index is 2.62. The normalized spacial score (nSPS) is 12.4. The number of nitrogens with two attached hydrogens (primary N) is 1. The smallest absolute Gasteiger partial charge is 0.330 e. The summed E-state index contributed by atoms with van der Waals surface area (Å²) in [5, 5.41) is 2.76. The van der Waals surface area contributed by atoms with E-state index in [0.29, 0.717) is 12.3 Å². The Bertz CT molecular complexity index is 507. The maximum atomic E-state index is 11.8. The molecule has 0 spiro atoms. The van der Waals surface area contributed by atoms with Gasteiger partial charge in [0.15, 0.2) is 0 Å². The molecule has 1 rings (SSSR count). The van der Waals surface area contributed by atoms with Gasteiger partial charge in [0.25, 0.3) is 0 Å². The first-order valence-electron chi connectivity index (χ1n) is 6.95. The van der Waals surface area contributed by atoms with Crippen LogP contribution in [0.2, 0.25) is 0 Å². The van der Waals surface area contributed by atoms with Crippen molar-refractivity contribution in [1.29, 1.82) is 0 Å². The van der Waals surface area contributed by atoms with Gasteiger partial charge in [-0.15, -0.1) is 0 Å². The summed E-state index contributed by atoms with van der Waals surface area (Å²) in [7, 11) is 0. The number of carbonyl (C=O) groups excluding carboxylic acids is 2. The van der Waals surface area contributed by atoms with Crippen LogP contribution in [-0.4, -0.2) is 24.5 Å². The van der Waals surface area contributed by atoms with Gasteiger partial charge in [0.05, 0.1) is 12.6 Å². The number of hydrogen-bond acceptors (Lipinski definition) is 4. The minimum atomic E-state index is -0.534. The first kappa shape index (κ1) is 16.9. The van der Waals surface area contributed by atoms with E-state index >= 15 is 0 Å². The van der Waals surface area contributed by atoms with Gasteiger partial charge in [-0.05, 0) is 36.6 Å². The van der Waals surface area contributed by atoms with Gasteiger partial charge in [-0.1, -0.05) is 26.0 Å². The van der Waals surface area contributed by atoms with Crippen molar-refractivity contribution >= 4 is 23.6 Å². The predicted octanol–water partition coefficient (Wildman–Crippen LogP) is 2.18. The highest BCUT2D eigenvalue weighted by atomic mass is 16.5. The number of anilines is 1. The molecular formula is C16H22N2O3. The molecule has 3 N–H and O–H groups in total. The summed E-state index contributed by atoms with van der Waals surface area (Å²) < 4.78 is 4.79. The van der Waals surface area contributed by atoms with Gasteiger partial charge in [0, 0.05) is 11.8 Å². The fourth-order valence-electron chi connectivity index (χ4n) is 1.56. The van der Waals surface area contributed by atoms with Gasteiger partial charge < -0.3 is 15.8 Å². The SMILES string of the molecule is CCOC(=O)C=Cc1ccc(NC(=O)C(N)C(C)C)cc1. The summed E-state index contributed by atoms with van der Waals surface area (Å²) in [6, 6.07) is 6.58. The lowest BCUT2D eigenvalue weighted by atomic mass is 10.0. The lowest BCUT2D eigenvalue weighted by molar-refractivity contribution is -0.137. The van der Waals surface area contributed by atoms with E-state index in [9.17, 15) is 9.59 Å². The Morgan fingerprint density at radius 2 is 1.90 bits per heavy atom. The molecular weight excluding hydrogens is 268 g/mol. The Morgan fingerprint density at radius 3 is 2.43 bits per heavy atom. The van der Waals surface area contributed by atoms with Crippen LogP contribution in [0.5, 0.6) is 0 Å². The standard InChI is InChI=1S/C16H22N2O3/c1-4-21-14(19)10-7-12-5-8-13(9-6-12)18-16(20)15(17)11(2)3/h5-11,15H,4,17H2,1-3H3,(H,18,20). The van der Waals surface area contributed by atoms with E-state index in [4.69, 9.17) is 10.5 Å². The van der Waals surface area contributed by atoms with E-state index in [0.717, 1.165) is 5.56 Å². The first-order chi connectivity index (χ1) is 9.93. The van der Waals surface area contributed by atoms with Crippen LogP contribution in [0.1, 0.15) is 26.3 Å². The molecule has 5 nitrogen and oxygen atoms in total.